The number of hydrogen-bond acceptors (Lipinski definition) is 5. The number of Topliss-reactive ketones (excluding diaryl/α,β-unsaturated/α-hetero) is 1. The Hall–Kier alpha value is -2.44. The third-order valence-corrected chi connectivity index (χ3v) is 3.16. The van der Waals surface area contributed by atoms with Gasteiger partial charge in [0.2, 0.25) is 0 Å². The fourth-order valence-corrected chi connectivity index (χ4v) is 2.04. The summed E-state index contributed by atoms with van der Waals surface area (Å²) in [5.74, 6) is -0.374. The van der Waals surface area contributed by atoms with Crippen molar-refractivity contribution >= 4 is 17.6 Å². The maximum Gasteiger partial charge on any atom is 0.410 e. The number of non-ortho nitro benzene ring substituents is 1. The maximum atomic E-state index is 12.5. The van der Waals surface area contributed by atoms with Crippen LogP contribution in [0.5, 0.6) is 0 Å². The fraction of sp³-hybridized carbons (Fsp3) is 0.500. The lowest BCUT2D eigenvalue weighted by Gasteiger charge is -2.30. The van der Waals surface area contributed by atoms with E-state index in [-0.39, 0.29) is 23.6 Å². The van der Waals surface area contributed by atoms with E-state index in [1.165, 1.54) is 29.2 Å². The molecule has 0 aromatic heterocycles. The zero-order valence-corrected chi connectivity index (χ0v) is 14.0. The predicted octanol–water partition coefficient (Wildman–Crippen LogP) is 3.42. The third-order valence-electron chi connectivity index (χ3n) is 3.16. The van der Waals surface area contributed by atoms with E-state index < -0.39 is 22.7 Å². The second kappa shape index (κ2) is 7.21. The fourth-order valence-electron chi connectivity index (χ4n) is 2.04. The number of carbonyl (C=O) groups is 2. The van der Waals surface area contributed by atoms with Crippen LogP contribution in [0, 0.1) is 10.1 Å². The Morgan fingerprint density at radius 2 is 1.96 bits per heavy atom. The summed E-state index contributed by atoms with van der Waals surface area (Å²) in [6.07, 6.45) is -0.591. The van der Waals surface area contributed by atoms with Crippen LogP contribution in [-0.4, -0.2) is 39.9 Å². The number of hydrogen-bond donors (Lipinski definition) is 0. The predicted molar refractivity (Wildman–Crippen MR) is 85.5 cm³/mol. The van der Waals surface area contributed by atoms with E-state index in [4.69, 9.17) is 4.74 Å². The van der Waals surface area contributed by atoms with Crippen LogP contribution >= 0.6 is 0 Å². The summed E-state index contributed by atoms with van der Waals surface area (Å²) in [5, 5.41) is 10.8. The first kappa shape index (κ1) is 18.6. The minimum Gasteiger partial charge on any atom is -0.444 e. The average molecular weight is 322 g/mol. The molecule has 7 nitrogen and oxygen atoms in total. The van der Waals surface area contributed by atoms with Crippen molar-refractivity contribution in [2.24, 2.45) is 0 Å². The summed E-state index contributed by atoms with van der Waals surface area (Å²) in [5.41, 5.74) is -0.643. The quantitative estimate of drug-likeness (QED) is 0.470. The van der Waals surface area contributed by atoms with E-state index in [2.05, 4.69) is 0 Å². The minimum absolute atomic E-state index is 0.164. The van der Waals surface area contributed by atoms with Crippen LogP contribution in [0.2, 0.25) is 0 Å². The highest BCUT2D eigenvalue weighted by Crippen LogP contribution is 2.18. The van der Waals surface area contributed by atoms with Gasteiger partial charge in [-0.3, -0.25) is 19.8 Å². The van der Waals surface area contributed by atoms with Crippen LogP contribution in [-0.2, 0) is 4.74 Å². The van der Waals surface area contributed by atoms with Crippen molar-refractivity contribution in [2.75, 3.05) is 6.54 Å². The van der Waals surface area contributed by atoms with E-state index >= 15 is 0 Å². The van der Waals surface area contributed by atoms with Gasteiger partial charge in [-0.25, -0.2) is 4.79 Å². The van der Waals surface area contributed by atoms with Gasteiger partial charge in [-0.1, -0.05) is 12.1 Å². The summed E-state index contributed by atoms with van der Waals surface area (Å²) >= 11 is 0. The van der Waals surface area contributed by atoms with Gasteiger partial charge in [0.1, 0.15) is 5.60 Å². The van der Waals surface area contributed by atoms with E-state index in [0.29, 0.717) is 0 Å². The smallest absolute Gasteiger partial charge is 0.410 e. The molecule has 1 aromatic carbocycles. The zero-order valence-electron chi connectivity index (χ0n) is 14.0. The highest BCUT2D eigenvalue weighted by atomic mass is 16.6. The number of likely N-dealkylation sites (N-methyl/N-ethyl adjacent to an activating group) is 1. The standard InChI is InChI=1S/C16H22N2O5/c1-6-17(15(20)23-16(3,4)5)11(2)14(19)12-8-7-9-13(10-12)18(21)22/h7-11H,6H2,1-5H3. The van der Waals surface area contributed by atoms with Crippen LogP contribution < -0.4 is 0 Å². The summed E-state index contributed by atoms with van der Waals surface area (Å²) in [4.78, 5) is 36.2. The number of nitrogens with zero attached hydrogens (tertiary/aromatic N) is 2. The van der Waals surface area contributed by atoms with Crippen molar-refractivity contribution in [3.63, 3.8) is 0 Å². The first-order valence-corrected chi connectivity index (χ1v) is 7.35. The number of ether oxygens (including phenoxy) is 1. The van der Waals surface area contributed by atoms with Gasteiger partial charge in [-0.15, -0.1) is 0 Å². The van der Waals surface area contributed by atoms with Crippen LogP contribution in [0.25, 0.3) is 0 Å². The van der Waals surface area contributed by atoms with Crippen molar-refractivity contribution < 1.29 is 19.2 Å². The normalized spacial score (nSPS) is 12.4. The monoisotopic (exact) mass is 322 g/mol. The molecular formula is C16H22N2O5. The van der Waals surface area contributed by atoms with E-state index in [0.717, 1.165) is 0 Å². The SMILES string of the molecule is CCN(C(=O)OC(C)(C)C)C(C)C(=O)c1cccc([N+](=O)[O-])c1. The number of ketones is 1. The molecule has 126 valence electrons. The molecule has 0 saturated heterocycles. The molecule has 1 amide bonds. The molecule has 0 fully saturated rings. The van der Waals surface area contributed by atoms with E-state index in [9.17, 15) is 19.7 Å². The third kappa shape index (κ3) is 5.05. The molecule has 0 saturated carbocycles. The van der Waals surface area contributed by atoms with Crippen molar-refractivity contribution in [3.8, 4) is 0 Å². The molecule has 0 bridgehead atoms. The van der Waals surface area contributed by atoms with Gasteiger partial charge in [0, 0.05) is 24.2 Å². The molecular weight excluding hydrogens is 300 g/mol. The van der Waals surface area contributed by atoms with Gasteiger partial charge < -0.3 is 4.74 Å². The molecule has 7 heteroatoms. The van der Waals surface area contributed by atoms with Crippen molar-refractivity contribution in [3.05, 3.63) is 39.9 Å². The topological polar surface area (TPSA) is 89.8 Å². The number of carbonyl (C=O) groups excluding carboxylic acids is 2. The lowest BCUT2D eigenvalue weighted by atomic mass is 10.0. The Bertz CT molecular complexity index is 607. The molecule has 0 N–H and O–H groups in total. The molecule has 1 rings (SSSR count). The Morgan fingerprint density at radius 1 is 1.35 bits per heavy atom. The van der Waals surface area contributed by atoms with Gasteiger partial charge in [0.15, 0.2) is 5.78 Å². The van der Waals surface area contributed by atoms with Crippen LogP contribution in [0.15, 0.2) is 24.3 Å². The van der Waals surface area contributed by atoms with Gasteiger partial charge in [-0.05, 0) is 34.6 Å². The molecule has 1 unspecified atom stereocenters. The highest BCUT2D eigenvalue weighted by Gasteiger charge is 2.29. The summed E-state index contributed by atoms with van der Waals surface area (Å²) < 4.78 is 5.29. The largest absolute Gasteiger partial charge is 0.444 e. The maximum absolute atomic E-state index is 12.5. The van der Waals surface area contributed by atoms with Gasteiger partial charge in [0.25, 0.3) is 5.69 Å². The summed E-state index contributed by atoms with van der Waals surface area (Å²) in [6.45, 7) is 8.83. The molecule has 1 atom stereocenters. The first-order chi connectivity index (χ1) is 10.6. The molecule has 0 aliphatic carbocycles. The van der Waals surface area contributed by atoms with Crippen molar-refractivity contribution in [1.29, 1.82) is 0 Å². The number of nitro benzene ring substituents is 1. The van der Waals surface area contributed by atoms with Gasteiger partial charge in [0.05, 0.1) is 11.0 Å². The minimum atomic E-state index is -0.781. The number of nitro groups is 1. The zero-order chi connectivity index (χ0) is 17.8. The lowest BCUT2D eigenvalue weighted by molar-refractivity contribution is -0.384. The summed E-state index contributed by atoms with van der Waals surface area (Å²) in [6, 6.07) is 4.68. The lowest BCUT2D eigenvalue weighted by Crippen LogP contribution is -2.45. The van der Waals surface area contributed by atoms with Crippen LogP contribution in [0.3, 0.4) is 0 Å². The molecule has 0 heterocycles. The van der Waals surface area contributed by atoms with Crippen LogP contribution in [0.1, 0.15) is 45.0 Å². The highest BCUT2D eigenvalue weighted by molar-refractivity contribution is 6.01. The van der Waals surface area contributed by atoms with Crippen LogP contribution in [0.4, 0.5) is 10.5 Å². The second-order valence-corrected chi connectivity index (χ2v) is 6.11. The number of rotatable bonds is 5. The molecule has 0 radical (unpaired) electrons. The second-order valence-electron chi connectivity index (χ2n) is 6.11. The number of amides is 1. The Labute approximate surface area is 135 Å². The Kier molecular flexibility index (Phi) is 5.84. The molecule has 0 aliphatic heterocycles. The van der Waals surface area contributed by atoms with Crippen molar-refractivity contribution in [1.82, 2.24) is 4.90 Å². The van der Waals surface area contributed by atoms with Crippen molar-refractivity contribution in [2.45, 2.75) is 46.3 Å². The van der Waals surface area contributed by atoms with E-state index in [1.54, 1.807) is 34.6 Å². The van der Waals surface area contributed by atoms with E-state index in [1.807, 2.05) is 0 Å². The first-order valence-electron chi connectivity index (χ1n) is 7.35. The Balaban J connectivity index is 2.99. The van der Waals surface area contributed by atoms with Gasteiger partial charge in [-0.2, -0.15) is 0 Å². The van der Waals surface area contributed by atoms with Gasteiger partial charge >= 0.3 is 6.09 Å². The molecule has 1 aromatic rings. The Morgan fingerprint density at radius 3 is 2.43 bits per heavy atom. The molecule has 0 aliphatic rings. The number of benzene rings is 1. The summed E-state index contributed by atoms with van der Waals surface area (Å²) in [7, 11) is 0. The molecule has 0 spiro atoms. The molecule has 23 heavy (non-hydrogen) atoms. The average Bonchev–Trinajstić information content (AvgIpc) is 2.45.